The number of hydrogen-bond acceptors (Lipinski definition) is 4. The van der Waals surface area contributed by atoms with E-state index in [9.17, 15) is 9.59 Å². The number of likely N-dealkylation sites (tertiary alicyclic amines) is 1. The molecule has 1 aromatic carbocycles. The summed E-state index contributed by atoms with van der Waals surface area (Å²) in [6.45, 7) is 4.94. The number of anilines is 1. The monoisotopic (exact) mass is 366 g/mol. The quantitative estimate of drug-likeness (QED) is 0.727. The Morgan fingerprint density at radius 3 is 2.85 bits per heavy atom. The number of benzene rings is 1. The Hall–Kier alpha value is -3.16. The van der Waals surface area contributed by atoms with Gasteiger partial charge < -0.3 is 14.8 Å². The largest absolute Gasteiger partial charge is 0.324 e. The van der Waals surface area contributed by atoms with Gasteiger partial charge in [0.05, 0.1) is 5.52 Å². The summed E-state index contributed by atoms with van der Waals surface area (Å²) < 4.78 is 1.63. The molecule has 2 aromatic heterocycles. The number of aromatic amines is 1. The van der Waals surface area contributed by atoms with Gasteiger partial charge in [0.15, 0.2) is 5.82 Å². The van der Waals surface area contributed by atoms with Crippen LogP contribution in [0.25, 0.3) is 10.9 Å². The number of nitrogens with one attached hydrogen (secondary N) is 2. The van der Waals surface area contributed by atoms with Crippen molar-refractivity contribution in [1.29, 1.82) is 0 Å². The summed E-state index contributed by atoms with van der Waals surface area (Å²) in [4.78, 5) is 30.8. The average Bonchev–Trinajstić information content (AvgIpc) is 3.28. The van der Waals surface area contributed by atoms with Gasteiger partial charge in [-0.1, -0.05) is 0 Å². The molecule has 2 amide bonds. The predicted octanol–water partition coefficient (Wildman–Crippen LogP) is 2.29. The number of rotatable bonds is 2. The van der Waals surface area contributed by atoms with Gasteiger partial charge >= 0.3 is 6.03 Å². The summed E-state index contributed by atoms with van der Waals surface area (Å²) in [5.74, 6) is 1.72. The van der Waals surface area contributed by atoms with Gasteiger partial charge in [0.2, 0.25) is 0 Å². The molecule has 0 spiro atoms. The molecule has 3 heterocycles. The number of nitrogens with zero attached hydrogens (tertiary/aromatic N) is 4. The predicted molar refractivity (Wildman–Crippen MR) is 103 cm³/mol. The molecule has 1 aliphatic heterocycles. The number of aromatic nitrogens is 4. The number of pyridine rings is 1. The van der Waals surface area contributed by atoms with Crippen LogP contribution >= 0.6 is 0 Å². The van der Waals surface area contributed by atoms with Gasteiger partial charge in [0, 0.05) is 42.7 Å². The molecule has 140 valence electrons. The van der Waals surface area contributed by atoms with Crippen molar-refractivity contribution in [2.24, 2.45) is 7.05 Å². The number of carbonyl (C=O) groups is 1. The van der Waals surface area contributed by atoms with Crippen LogP contribution in [0, 0.1) is 13.8 Å². The third-order valence-electron chi connectivity index (χ3n) is 5.11. The van der Waals surface area contributed by atoms with Crippen LogP contribution in [-0.2, 0) is 7.05 Å². The van der Waals surface area contributed by atoms with Crippen molar-refractivity contribution >= 4 is 22.6 Å². The first-order valence-corrected chi connectivity index (χ1v) is 8.97. The maximum absolute atomic E-state index is 12.6. The molecule has 8 heteroatoms. The molecular weight excluding hydrogens is 344 g/mol. The van der Waals surface area contributed by atoms with Crippen molar-refractivity contribution in [3.8, 4) is 0 Å². The lowest BCUT2D eigenvalue weighted by molar-refractivity contribution is 0.222. The lowest BCUT2D eigenvalue weighted by Gasteiger charge is -2.17. The SMILES string of the molecule is Cc1nc(C2CCN(C(=O)Nc3ccc4c(c3)cc(C)c(=O)n4C)C2)n[nH]1. The van der Waals surface area contributed by atoms with Crippen LogP contribution in [0.4, 0.5) is 10.5 Å². The smallest absolute Gasteiger partial charge is 0.321 e. The van der Waals surface area contributed by atoms with Crippen molar-refractivity contribution in [3.05, 3.63) is 51.8 Å². The first kappa shape index (κ1) is 17.3. The van der Waals surface area contributed by atoms with Crippen molar-refractivity contribution in [3.63, 3.8) is 0 Å². The molecule has 1 saturated heterocycles. The molecule has 0 saturated carbocycles. The van der Waals surface area contributed by atoms with Crippen LogP contribution in [0.5, 0.6) is 0 Å². The van der Waals surface area contributed by atoms with Crippen LogP contribution in [-0.4, -0.2) is 43.8 Å². The van der Waals surface area contributed by atoms with Crippen molar-refractivity contribution < 1.29 is 4.79 Å². The van der Waals surface area contributed by atoms with Gasteiger partial charge in [0.1, 0.15) is 5.82 Å². The van der Waals surface area contributed by atoms with Gasteiger partial charge in [-0.25, -0.2) is 9.78 Å². The minimum atomic E-state index is -0.134. The van der Waals surface area contributed by atoms with Gasteiger partial charge in [0.25, 0.3) is 5.56 Å². The highest BCUT2D eigenvalue weighted by Crippen LogP contribution is 2.25. The molecule has 2 N–H and O–H groups in total. The Morgan fingerprint density at radius 2 is 2.11 bits per heavy atom. The Kier molecular flexibility index (Phi) is 4.18. The number of H-pyrrole nitrogens is 1. The normalized spacial score (nSPS) is 16.9. The minimum absolute atomic E-state index is 0.00962. The molecule has 1 fully saturated rings. The van der Waals surface area contributed by atoms with Crippen LogP contribution in [0.3, 0.4) is 0 Å². The van der Waals surface area contributed by atoms with Crippen LogP contribution < -0.4 is 10.9 Å². The molecule has 8 nitrogen and oxygen atoms in total. The van der Waals surface area contributed by atoms with Crippen LogP contribution in [0.15, 0.2) is 29.1 Å². The van der Waals surface area contributed by atoms with E-state index in [1.807, 2.05) is 31.2 Å². The third kappa shape index (κ3) is 3.18. The topological polar surface area (TPSA) is 95.9 Å². The number of hydrogen-bond donors (Lipinski definition) is 2. The molecule has 27 heavy (non-hydrogen) atoms. The number of urea groups is 1. The fourth-order valence-electron chi connectivity index (χ4n) is 3.62. The molecule has 1 atom stereocenters. The Morgan fingerprint density at radius 1 is 1.30 bits per heavy atom. The second-order valence-corrected chi connectivity index (χ2v) is 7.11. The van der Waals surface area contributed by atoms with Crippen LogP contribution in [0.1, 0.15) is 29.6 Å². The van der Waals surface area contributed by atoms with E-state index in [4.69, 9.17) is 0 Å². The molecule has 3 aromatic rings. The van der Waals surface area contributed by atoms with Crippen LogP contribution in [0.2, 0.25) is 0 Å². The lowest BCUT2D eigenvalue weighted by Crippen LogP contribution is -2.32. The lowest BCUT2D eigenvalue weighted by atomic mass is 10.1. The van der Waals surface area contributed by atoms with E-state index in [0.717, 1.165) is 29.0 Å². The number of aryl methyl sites for hydroxylation is 3. The number of amides is 2. The second kappa shape index (κ2) is 6.53. The average molecular weight is 366 g/mol. The summed E-state index contributed by atoms with van der Waals surface area (Å²) in [6, 6.07) is 7.29. The summed E-state index contributed by atoms with van der Waals surface area (Å²) in [6.07, 6.45) is 0.851. The molecular formula is C19H22N6O2. The molecule has 4 rings (SSSR count). The zero-order chi connectivity index (χ0) is 19.1. The summed E-state index contributed by atoms with van der Waals surface area (Å²) in [5, 5.41) is 10.9. The molecule has 0 radical (unpaired) electrons. The maximum Gasteiger partial charge on any atom is 0.321 e. The fourth-order valence-corrected chi connectivity index (χ4v) is 3.62. The molecule has 0 bridgehead atoms. The Balaban J connectivity index is 1.50. The minimum Gasteiger partial charge on any atom is -0.324 e. The fraction of sp³-hybridized carbons (Fsp3) is 0.368. The maximum atomic E-state index is 12.6. The highest BCUT2D eigenvalue weighted by molar-refractivity contribution is 5.93. The van der Waals surface area contributed by atoms with Crippen molar-refractivity contribution in [1.82, 2.24) is 24.6 Å². The van der Waals surface area contributed by atoms with E-state index in [-0.39, 0.29) is 17.5 Å². The zero-order valence-electron chi connectivity index (χ0n) is 15.6. The summed E-state index contributed by atoms with van der Waals surface area (Å²) >= 11 is 0. The first-order chi connectivity index (χ1) is 12.9. The van der Waals surface area contributed by atoms with E-state index < -0.39 is 0 Å². The van der Waals surface area contributed by atoms with Crippen molar-refractivity contribution in [2.45, 2.75) is 26.2 Å². The molecule has 1 unspecified atom stereocenters. The molecule has 1 aliphatic rings. The highest BCUT2D eigenvalue weighted by atomic mass is 16.2. The number of fused-ring (bicyclic) bond motifs is 1. The van der Waals surface area contributed by atoms with Gasteiger partial charge in [-0.05, 0) is 44.5 Å². The second-order valence-electron chi connectivity index (χ2n) is 7.11. The Bertz CT molecular complexity index is 1080. The van der Waals surface area contributed by atoms with E-state index in [0.29, 0.717) is 24.3 Å². The molecule has 0 aliphatic carbocycles. The van der Waals surface area contributed by atoms with E-state index in [1.165, 1.54) is 0 Å². The standard InChI is InChI=1S/C19H22N6O2/c1-11-8-14-9-15(4-5-16(14)24(3)18(11)26)21-19(27)25-7-6-13(10-25)17-20-12(2)22-23-17/h4-5,8-9,13H,6-7,10H2,1-3H3,(H,21,27)(H,20,22,23). The zero-order valence-corrected chi connectivity index (χ0v) is 15.6. The van der Waals surface area contributed by atoms with Gasteiger partial charge in [-0.3, -0.25) is 9.89 Å². The van der Waals surface area contributed by atoms with Gasteiger partial charge in [-0.2, -0.15) is 5.10 Å². The highest BCUT2D eigenvalue weighted by Gasteiger charge is 2.29. The van der Waals surface area contributed by atoms with E-state index in [2.05, 4.69) is 20.5 Å². The number of carbonyl (C=O) groups excluding carboxylic acids is 1. The summed E-state index contributed by atoms with van der Waals surface area (Å²) in [7, 11) is 1.76. The summed E-state index contributed by atoms with van der Waals surface area (Å²) in [5.41, 5.74) is 2.22. The Labute approximate surface area is 156 Å². The van der Waals surface area contributed by atoms with Crippen molar-refractivity contribution in [2.75, 3.05) is 18.4 Å². The third-order valence-corrected chi connectivity index (χ3v) is 5.11. The van der Waals surface area contributed by atoms with Gasteiger partial charge in [-0.15, -0.1) is 0 Å². The van der Waals surface area contributed by atoms with E-state index in [1.54, 1.807) is 23.4 Å². The van der Waals surface area contributed by atoms with E-state index >= 15 is 0 Å². The first-order valence-electron chi connectivity index (χ1n) is 8.97.